The van der Waals surface area contributed by atoms with Gasteiger partial charge in [0.15, 0.2) is 5.96 Å². The molecular formula is C15H24N4O. The molecule has 1 aliphatic rings. The topological polar surface area (TPSA) is 48.9 Å². The minimum Gasteiger partial charge on any atom is -0.495 e. The Kier molecular flexibility index (Phi) is 5.09. The molecule has 1 heterocycles. The van der Waals surface area contributed by atoms with Crippen LogP contribution < -0.4 is 20.3 Å². The van der Waals surface area contributed by atoms with E-state index in [1.165, 1.54) is 12.1 Å². The third-order valence-electron chi connectivity index (χ3n) is 3.73. The van der Waals surface area contributed by atoms with E-state index in [0.717, 1.165) is 31.3 Å². The second-order valence-corrected chi connectivity index (χ2v) is 4.98. The molecule has 20 heavy (non-hydrogen) atoms. The SMILES string of the molecule is CN=C(NC)NCC1CCN(c2ccccc2OC)C1. The van der Waals surface area contributed by atoms with Crippen LogP contribution in [0.5, 0.6) is 5.75 Å². The van der Waals surface area contributed by atoms with Gasteiger partial charge in [-0.3, -0.25) is 4.99 Å². The van der Waals surface area contributed by atoms with Gasteiger partial charge >= 0.3 is 0 Å². The zero-order valence-electron chi connectivity index (χ0n) is 12.5. The zero-order chi connectivity index (χ0) is 14.4. The van der Waals surface area contributed by atoms with Crippen LogP contribution in [0.1, 0.15) is 6.42 Å². The summed E-state index contributed by atoms with van der Waals surface area (Å²) >= 11 is 0. The number of guanidine groups is 1. The summed E-state index contributed by atoms with van der Waals surface area (Å²) in [6.45, 7) is 3.07. The van der Waals surface area contributed by atoms with Gasteiger partial charge in [-0.1, -0.05) is 12.1 Å². The molecule has 1 aromatic rings. The Morgan fingerprint density at radius 3 is 2.95 bits per heavy atom. The minimum absolute atomic E-state index is 0.630. The van der Waals surface area contributed by atoms with Crippen LogP contribution in [0, 0.1) is 5.92 Å². The number of nitrogens with one attached hydrogen (secondary N) is 2. The third kappa shape index (κ3) is 3.35. The molecule has 0 saturated carbocycles. The van der Waals surface area contributed by atoms with E-state index < -0.39 is 0 Å². The zero-order valence-corrected chi connectivity index (χ0v) is 12.5. The van der Waals surface area contributed by atoms with Crippen LogP contribution in [0.15, 0.2) is 29.3 Å². The van der Waals surface area contributed by atoms with Crippen molar-refractivity contribution in [2.24, 2.45) is 10.9 Å². The van der Waals surface area contributed by atoms with Gasteiger partial charge in [0.05, 0.1) is 12.8 Å². The molecule has 0 aliphatic carbocycles. The smallest absolute Gasteiger partial charge is 0.190 e. The van der Waals surface area contributed by atoms with Crippen molar-refractivity contribution in [1.29, 1.82) is 0 Å². The van der Waals surface area contributed by atoms with Gasteiger partial charge in [-0.25, -0.2) is 0 Å². The second-order valence-electron chi connectivity index (χ2n) is 4.98. The normalized spacial score (nSPS) is 19.1. The van der Waals surface area contributed by atoms with Crippen molar-refractivity contribution in [1.82, 2.24) is 10.6 Å². The summed E-state index contributed by atoms with van der Waals surface area (Å²) in [5.74, 6) is 2.43. The van der Waals surface area contributed by atoms with Crippen LogP contribution in [0.3, 0.4) is 0 Å². The van der Waals surface area contributed by atoms with E-state index in [9.17, 15) is 0 Å². The molecule has 2 N–H and O–H groups in total. The molecule has 0 bridgehead atoms. The van der Waals surface area contributed by atoms with Gasteiger partial charge < -0.3 is 20.3 Å². The van der Waals surface area contributed by atoms with E-state index in [1.807, 2.05) is 19.2 Å². The van der Waals surface area contributed by atoms with Gasteiger partial charge in [0.25, 0.3) is 0 Å². The lowest BCUT2D eigenvalue weighted by atomic mass is 10.1. The predicted molar refractivity (Wildman–Crippen MR) is 83.7 cm³/mol. The quantitative estimate of drug-likeness (QED) is 0.643. The molecular weight excluding hydrogens is 252 g/mol. The Morgan fingerprint density at radius 1 is 1.45 bits per heavy atom. The highest BCUT2D eigenvalue weighted by molar-refractivity contribution is 5.79. The van der Waals surface area contributed by atoms with E-state index in [0.29, 0.717) is 5.92 Å². The second kappa shape index (κ2) is 7.03. The van der Waals surface area contributed by atoms with E-state index >= 15 is 0 Å². The van der Waals surface area contributed by atoms with E-state index in [4.69, 9.17) is 4.74 Å². The van der Waals surface area contributed by atoms with Crippen LogP contribution in [0.4, 0.5) is 5.69 Å². The predicted octanol–water partition coefficient (Wildman–Crippen LogP) is 1.32. The van der Waals surface area contributed by atoms with Gasteiger partial charge in [0, 0.05) is 33.7 Å². The fourth-order valence-corrected chi connectivity index (χ4v) is 2.63. The number of hydrogen-bond acceptors (Lipinski definition) is 3. The number of benzene rings is 1. The number of ether oxygens (including phenoxy) is 1. The Labute approximate surface area is 121 Å². The fourth-order valence-electron chi connectivity index (χ4n) is 2.63. The third-order valence-corrected chi connectivity index (χ3v) is 3.73. The number of hydrogen-bond donors (Lipinski definition) is 2. The monoisotopic (exact) mass is 276 g/mol. The number of para-hydroxylation sites is 2. The Bertz CT molecular complexity index is 461. The largest absolute Gasteiger partial charge is 0.495 e. The van der Waals surface area contributed by atoms with Crippen molar-refractivity contribution in [3.05, 3.63) is 24.3 Å². The van der Waals surface area contributed by atoms with Crippen LogP contribution in [-0.4, -0.2) is 46.8 Å². The summed E-state index contributed by atoms with van der Waals surface area (Å²) in [7, 11) is 5.39. The van der Waals surface area contributed by atoms with Gasteiger partial charge in [-0.05, 0) is 24.5 Å². The average molecular weight is 276 g/mol. The van der Waals surface area contributed by atoms with Crippen LogP contribution >= 0.6 is 0 Å². The summed E-state index contributed by atoms with van der Waals surface area (Å²) in [5.41, 5.74) is 1.19. The Balaban J connectivity index is 1.92. The molecule has 1 fully saturated rings. The first kappa shape index (κ1) is 14.5. The molecule has 1 aliphatic heterocycles. The number of nitrogens with zero attached hydrogens (tertiary/aromatic N) is 2. The highest BCUT2D eigenvalue weighted by atomic mass is 16.5. The molecule has 1 unspecified atom stereocenters. The Morgan fingerprint density at radius 2 is 2.25 bits per heavy atom. The maximum Gasteiger partial charge on any atom is 0.190 e. The molecule has 5 nitrogen and oxygen atoms in total. The van der Waals surface area contributed by atoms with Gasteiger partial charge in [0.2, 0.25) is 0 Å². The average Bonchev–Trinajstić information content (AvgIpc) is 2.97. The molecule has 0 amide bonds. The molecule has 5 heteroatoms. The minimum atomic E-state index is 0.630. The summed E-state index contributed by atoms with van der Waals surface area (Å²) in [6.07, 6.45) is 1.19. The first-order valence-corrected chi connectivity index (χ1v) is 7.04. The van der Waals surface area contributed by atoms with E-state index in [1.54, 1.807) is 14.2 Å². The molecule has 110 valence electrons. The lowest BCUT2D eigenvalue weighted by Crippen LogP contribution is -2.38. The maximum atomic E-state index is 5.44. The number of rotatable bonds is 4. The van der Waals surface area contributed by atoms with Crippen molar-refractivity contribution in [2.75, 3.05) is 45.7 Å². The Hall–Kier alpha value is -1.91. The number of aliphatic imine (C=N–C) groups is 1. The number of anilines is 1. The van der Waals surface area contributed by atoms with Crippen molar-refractivity contribution in [3.63, 3.8) is 0 Å². The van der Waals surface area contributed by atoms with Gasteiger partial charge in [0.1, 0.15) is 5.75 Å². The van der Waals surface area contributed by atoms with Crippen molar-refractivity contribution < 1.29 is 4.74 Å². The standard InChI is InChI=1S/C15H24N4O/c1-16-15(17-2)18-10-12-8-9-19(11-12)13-6-4-5-7-14(13)20-3/h4-7,12H,8-11H2,1-3H3,(H2,16,17,18). The van der Waals surface area contributed by atoms with Crippen molar-refractivity contribution >= 4 is 11.6 Å². The van der Waals surface area contributed by atoms with Crippen LogP contribution in [0.2, 0.25) is 0 Å². The van der Waals surface area contributed by atoms with E-state index in [2.05, 4.69) is 32.7 Å². The molecule has 1 saturated heterocycles. The summed E-state index contributed by atoms with van der Waals surface area (Å²) in [6, 6.07) is 8.21. The lowest BCUT2D eigenvalue weighted by molar-refractivity contribution is 0.414. The highest BCUT2D eigenvalue weighted by Gasteiger charge is 2.24. The van der Waals surface area contributed by atoms with Crippen molar-refractivity contribution in [3.8, 4) is 5.75 Å². The van der Waals surface area contributed by atoms with Gasteiger partial charge in [-0.15, -0.1) is 0 Å². The first-order valence-electron chi connectivity index (χ1n) is 7.04. The number of methoxy groups -OCH3 is 1. The molecule has 0 radical (unpaired) electrons. The molecule has 1 atom stereocenters. The van der Waals surface area contributed by atoms with Gasteiger partial charge in [-0.2, -0.15) is 0 Å². The lowest BCUT2D eigenvalue weighted by Gasteiger charge is -2.21. The maximum absolute atomic E-state index is 5.44. The molecule has 0 spiro atoms. The van der Waals surface area contributed by atoms with E-state index in [-0.39, 0.29) is 0 Å². The summed E-state index contributed by atoms with van der Waals surface area (Å²) in [4.78, 5) is 6.53. The molecule has 2 rings (SSSR count). The highest BCUT2D eigenvalue weighted by Crippen LogP contribution is 2.31. The molecule has 0 aromatic heterocycles. The molecule has 1 aromatic carbocycles. The summed E-state index contributed by atoms with van der Waals surface area (Å²) < 4.78 is 5.44. The fraction of sp³-hybridized carbons (Fsp3) is 0.533. The van der Waals surface area contributed by atoms with Crippen LogP contribution in [0.25, 0.3) is 0 Å². The van der Waals surface area contributed by atoms with Crippen molar-refractivity contribution in [2.45, 2.75) is 6.42 Å². The summed E-state index contributed by atoms with van der Waals surface area (Å²) in [5, 5.41) is 6.38. The first-order chi connectivity index (χ1) is 9.78. The van der Waals surface area contributed by atoms with Crippen LogP contribution in [-0.2, 0) is 0 Å².